The Morgan fingerprint density at radius 3 is 2.59 bits per heavy atom. The summed E-state index contributed by atoms with van der Waals surface area (Å²) in [5, 5.41) is 16.3. The molecule has 0 amide bonds. The Morgan fingerprint density at radius 1 is 1.24 bits per heavy atom. The zero-order valence-electron chi connectivity index (χ0n) is 9.05. The third-order valence-corrected chi connectivity index (χ3v) is 2.25. The van der Waals surface area contributed by atoms with Gasteiger partial charge in [0.1, 0.15) is 5.83 Å². The Labute approximate surface area is 98.3 Å². The number of hydrogen-bond acceptors (Lipinski definition) is 3. The molecule has 1 aromatic heterocycles. The lowest BCUT2D eigenvalue weighted by molar-refractivity contribution is 0.300. The van der Waals surface area contributed by atoms with Gasteiger partial charge < -0.3 is 5.11 Å². The fraction of sp³-hybridized carbons (Fsp3) is 0.0769. The number of aromatic nitrogens is 2. The van der Waals surface area contributed by atoms with Crippen LogP contribution in [0.15, 0.2) is 48.4 Å². The minimum absolute atomic E-state index is 0.558. The largest absolute Gasteiger partial charge is 0.389 e. The molecule has 0 bridgehead atoms. The molecule has 0 radical (unpaired) electrons. The second-order valence-electron chi connectivity index (χ2n) is 3.48. The topological polar surface area (TPSA) is 46.0 Å². The van der Waals surface area contributed by atoms with Crippen LogP contribution in [-0.2, 0) is 0 Å². The van der Waals surface area contributed by atoms with Gasteiger partial charge in [-0.2, -0.15) is 10.2 Å². The first kappa shape index (κ1) is 11.4. The lowest BCUT2D eigenvalue weighted by atomic mass is 10.1. The van der Waals surface area contributed by atoms with Gasteiger partial charge >= 0.3 is 0 Å². The van der Waals surface area contributed by atoms with Gasteiger partial charge in [0.2, 0.25) is 0 Å². The van der Waals surface area contributed by atoms with Crippen LogP contribution in [0.3, 0.4) is 0 Å². The van der Waals surface area contributed by atoms with Crippen LogP contribution in [0.1, 0.15) is 5.56 Å². The van der Waals surface area contributed by atoms with Gasteiger partial charge in [0.15, 0.2) is 0 Å². The van der Waals surface area contributed by atoms with Crippen molar-refractivity contribution in [3.05, 3.63) is 54.0 Å². The summed E-state index contributed by atoms with van der Waals surface area (Å²) in [5.41, 5.74) is 2.38. The predicted octanol–water partition coefficient (Wildman–Crippen LogP) is 2.45. The first-order valence-electron chi connectivity index (χ1n) is 5.14. The minimum Gasteiger partial charge on any atom is -0.389 e. The Hall–Kier alpha value is -2.07. The molecule has 17 heavy (non-hydrogen) atoms. The van der Waals surface area contributed by atoms with E-state index in [1.807, 2.05) is 24.3 Å². The Balaban J connectivity index is 2.25. The third-order valence-electron chi connectivity index (χ3n) is 2.25. The van der Waals surface area contributed by atoms with E-state index in [1.54, 1.807) is 18.3 Å². The third kappa shape index (κ3) is 2.95. The normalized spacial score (nSPS) is 11.5. The SMILES string of the molecule is OC/C(F)=C\c1ccc(-c2cccnn2)cc1. The summed E-state index contributed by atoms with van der Waals surface area (Å²) in [7, 11) is 0. The number of aliphatic hydroxyl groups excluding tert-OH is 1. The monoisotopic (exact) mass is 230 g/mol. The maximum absolute atomic E-state index is 12.8. The second kappa shape index (κ2) is 5.32. The van der Waals surface area contributed by atoms with Crippen LogP contribution < -0.4 is 0 Å². The zero-order valence-corrected chi connectivity index (χ0v) is 9.05. The van der Waals surface area contributed by atoms with Gasteiger partial charge in [0.25, 0.3) is 0 Å². The van der Waals surface area contributed by atoms with E-state index in [9.17, 15) is 4.39 Å². The molecule has 3 nitrogen and oxygen atoms in total. The van der Waals surface area contributed by atoms with E-state index >= 15 is 0 Å². The molecule has 0 saturated heterocycles. The van der Waals surface area contributed by atoms with Crippen LogP contribution in [0.5, 0.6) is 0 Å². The molecular formula is C13H11FN2O. The predicted molar refractivity (Wildman–Crippen MR) is 63.6 cm³/mol. The minimum atomic E-state index is -0.577. The van der Waals surface area contributed by atoms with Crippen LogP contribution in [0.2, 0.25) is 0 Å². The Kier molecular flexibility index (Phi) is 3.57. The van der Waals surface area contributed by atoms with Gasteiger partial charge in [-0.3, -0.25) is 0 Å². The first-order valence-corrected chi connectivity index (χ1v) is 5.14. The zero-order chi connectivity index (χ0) is 12.1. The quantitative estimate of drug-likeness (QED) is 0.880. The van der Waals surface area contributed by atoms with Crippen molar-refractivity contribution in [1.29, 1.82) is 0 Å². The molecule has 1 N–H and O–H groups in total. The van der Waals surface area contributed by atoms with Gasteiger partial charge in [-0.25, -0.2) is 4.39 Å². The van der Waals surface area contributed by atoms with Crippen LogP contribution in [0.4, 0.5) is 4.39 Å². The van der Waals surface area contributed by atoms with Crippen LogP contribution in [0.25, 0.3) is 17.3 Å². The fourth-order valence-corrected chi connectivity index (χ4v) is 1.43. The van der Waals surface area contributed by atoms with Gasteiger partial charge in [0.05, 0.1) is 12.3 Å². The Bertz CT molecular complexity index is 509. The van der Waals surface area contributed by atoms with E-state index in [0.717, 1.165) is 11.3 Å². The maximum Gasteiger partial charge on any atom is 0.126 e. The van der Waals surface area contributed by atoms with Crippen molar-refractivity contribution < 1.29 is 9.50 Å². The summed E-state index contributed by atoms with van der Waals surface area (Å²) in [4.78, 5) is 0. The summed E-state index contributed by atoms with van der Waals surface area (Å²) >= 11 is 0. The van der Waals surface area contributed by atoms with Crippen molar-refractivity contribution in [1.82, 2.24) is 10.2 Å². The van der Waals surface area contributed by atoms with Crippen molar-refractivity contribution in [2.45, 2.75) is 0 Å². The molecule has 0 unspecified atom stereocenters. The van der Waals surface area contributed by atoms with Crippen molar-refractivity contribution in [3.8, 4) is 11.3 Å². The summed E-state index contributed by atoms with van der Waals surface area (Å²) in [5.74, 6) is -0.558. The van der Waals surface area contributed by atoms with Gasteiger partial charge in [0, 0.05) is 11.8 Å². The van der Waals surface area contributed by atoms with Gasteiger partial charge in [-0.05, 0) is 23.8 Å². The summed E-state index contributed by atoms with van der Waals surface area (Å²) in [6.07, 6.45) is 2.90. The molecule has 0 aliphatic rings. The molecule has 0 fully saturated rings. The lowest BCUT2D eigenvalue weighted by Gasteiger charge is -2.00. The number of benzene rings is 1. The molecule has 4 heteroatoms. The number of halogens is 1. The average molecular weight is 230 g/mol. The van der Waals surface area contributed by atoms with Crippen LogP contribution >= 0.6 is 0 Å². The van der Waals surface area contributed by atoms with E-state index in [2.05, 4.69) is 10.2 Å². The van der Waals surface area contributed by atoms with Crippen LogP contribution in [-0.4, -0.2) is 21.9 Å². The highest BCUT2D eigenvalue weighted by Gasteiger charge is 1.99. The molecular weight excluding hydrogens is 219 g/mol. The van der Waals surface area contributed by atoms with Gasteiger partial charge in [-0.1, -0.05) is 24.3 Å². The van der Waals surface area contributed by atoms with Crippen LogP contribution in [0, 0.1) is 0 Å². The lowest BCUT2D eigenvalue weighted by Crippen LogP contribution is -1.86. The van der Waals surface area contributed by atoms with Crippen molar-refractivity contribution in [2.24, 2.45) is 0 Å². The highest BCUT2D eigenvalue weighted by molar-refractivity contribution is 5.62. The fourth-order valence-electron chi connectivity index (χ4n) is 1.43. The smallest absolute Gasteiger partial charge is 0.126 e. The maximum atomic E-state index is 12.8. The summed E-state index contributed by atoms with van der Waals surface area (Å²) < 4.78 is 12.8. The van der Waals surface area contributed by atoms with E-state index < -0.39 is 12.4 Å². The van der Waals surface area contributed by atoms with Crippen molar-refractivity contribution in [2.75, 3.05) is 6.61 Å². The molecule has 0 atom stereocenters. The molecule has 2 rings (SSSR count). The van der Waals surface area contributed by atoms with E-state index in [-0.39, 0.29) is 0 Å². The van der Waals surface area contributed by atoms with E-state index in [0.29, 0.717) is 5.56 Å². The molecule has 1 aromatic carbocycles. The highest BCUT2D eigenvalue weighted by Crippen LogP contribution is 2.17. The standard InChI is InChI=1S/C13H11FN2O/c14-12(9-17)8-10-3-5-11(6-4-10)13-2-1-7-15-16-13/h1-8,17H,9H2/b12-8+. The van der Waals surface area contributed by atoms with E-state index in [1.165, 1.54) is 6.08 Å². The first-order chi connectivity index (χ1) is 8.29. The molecule has 1 heterocycles. The van der Waals surface area contributed by atoms with Gasteiger partial charge in [-0.15, -0.1) is 0 Å². The summed E-state index contributed by atoms with van der Waals surface area (Å²) in [6, 6.07) is 10.9. The number of rotatable bonds is 3. The number of aliphatic hydroxyl groups is 1. The average Bonchev–Trinajstić information content (AvgIpc) is 2.40. The molecule has 0 saturated carbocycles. The van der Waals surface area contributed by atoms with E-state index in [4.69, 9.17) is 5.11 Å². The molecule has 2 aromatic rings. The van der Waals surface area contributed by atoms with Crippen molar-refractivity contribution >= 4 is 6.08 Å². The molecule has 0 aliphatic carbocycles. The molecule has 86 valence electrons. The second-order valence-corrected chi connectivity index (χ2v) is 3.48. The Morgan fingerprint density at radius 2 is 2.00 bits per heavy atom. The number of nitrogens with zero attached hydrogens (tertiary/aromatic N) is 2. The highest BCUT2D eigenvalue weighted by atomic mass is 19.1. The number of hydrogen-bond donors (Lipinski definition) is 1. The summed E-state index contributed by atoms with van der Waals surface area (Å²) in [6.45, 7) is -0.577. The van der Waals surface area contributed by atoms with Crippen molar-refractivity contribution in [3.63, 3.8) is 0 Å². The molecule has 0 aliphatic heterocycles. The molecule has 0 spiro atoms.